The molecule has 0 unspecified atom stereocenters. The molecule has 114 valence electrons. The van der Waals surface area contributed by atoms with E-state index in [0.29, 0.717) is 12.0 Å². The largest absolute Gasteiger partial charge is 0.497 e. The summed E-state index contributed by atoms with van der Waals surface area (Å²) in [5.41, 5.74) is 1.28. The molecule has 0 amide bonds. The lowest BCUT2D eigenvalue weighted by atomic mass is 9.80. The van der Waals surface area contributed by atoms with E-state index in [0.717, 1.165) is 24.0 Å². The predicted molar refractivity (Wildman–Crippen MR) is 85.2 cm³/mol. The second-order valence-corrected chi connectivity index (χ2v) is 6.00. The number of nitrogens with zero attached hydrogens (tertiary/aromatic N) is 1. The van der Waals surface area contributed by atoms with Gasteiger partial charge in [0.1, 0.15) is 11.5 Å². The standard InChI is InChI=1S/C18H25NO2/c1-4-19-10-9-14-11-13(5-8-17(14)19)16-7-6-15(20-2)12-18(16)21-3/h5-8,12-14,17H,4,9-11H2,1-3H3/t13-,14-,17-/m1/s1. The van der Waals surface area contributed by atoms with E-state index in [1.165, 1.54) is 24.9 Å². The molecule has 1 aromatic carbocycles. The Balaban J connectivity index is 1.84. The van der Waals surface area contributed by atoms with Gasteiger partial charge in [-0.15, -0.1) is 0 Å². The molecule has 0 N–H and O–H groups in total. The van der Waals surface area contributed by atoms with Crippen molar-refractivity contribution in [3.8, 4) is 11.5 Å². The SMILES string of the molecule is CCN1CC[C@@H]2C[C@H](c3ccc(OC)cc3OC)C=C[C@H]21. The fraction of sp³-hybridized carbons (Fsp3) is 0.556. The van der Waals surface area contributed by atoms with Crippen LogP contribution in [0.1, 0.15) is 31.2 Å². The molecule has 0 bridgehead atoms. The van der Waals surface area contributed by atoms with Gasteiger partial charge < -0.3 is 9.47 Å². The first-order valence-corrected chi connectivity index (χ1v) is 7.91. The molecule has 1 aromatic rings. The lowest BCUT2D eigenvalue weighted by Crippen LogP contribution is -2.33. The van der Waals surface area contributed by atoms with Gasteiger partial charge >= 0.3 is 0 Å². The molecule has 1 fully saturated rings. The summed E-state index contributed by atoms with van der Waals surface area (Å²) < 4.78 is 10.9. The molecule has 0 radical (unpaired) electrons. The van der Waals surface area contributed by atoms with Crippen molar-refractivity contribution in [3.05, 3.63) is 35.9 Å². The molecule has 3 nitrogen and oxygen atoms in total. The average molecular weight is 287 g/mol. The Morgan fingerprint density at radius 3 is 2.76 bits per heavy atom. The van der Waals surface area contributed by atoms with Crippen LogP contribution in [-0.2, 0) is 0 Å². The first-order chi connectivity index (χ1) is 10.3. The Morgan fingerprint density at radius 1 is 1.19 bits per heavy atom. The summed E-state index contributed by atoms with van der Waals surface area (Å²) in [6.07, 6.45) is 7.33. The fourth-order valence-corrected chi connectivity index (χ4v) is 3.86. The maximum Gasteiger partial charge on any atom is 0.126 e. The van der Waals surface area contributed by atoms with E-state index < -0.39 is 0 Å². The topological polar surface area (TPSA) is 21.7 Å². The average Bonchev–Trinajstić information content (AvgIpc) is 2.96. The maximum absolute atomic E-state index is 5.57. The van der Waals surface area contributed by atoms with Crippen molar-refractivity contribution >= 4 is 0 Å². The van der Waals surface area contributed by atoms with Crippen LogP contribution in [0.25, 0.3) is 0 Å². The number of hydrogen-bond donors (Lipinski definition) is 0. The van der Waals surface area contributed by atoms with Gasteiger partial charge in [0.05, 0.1) is 14.2 Å². The van der Waals surface area contributed by atoms with Crippen molar-refractivity contribution in [2.24, 2.45) is 5.92 Å². The normalized spacial score (nSPS) is 28.4. The molecule has 1 aliphatic heterocycles. The number of allylic oxidation sites excluding steroid dienone is 1. The van der Waals surface area contributed by atoms with Gasteiger partial charge in [-0.05, 0) is 37.9 Å². The van der Waals surface area contributed by atoms with Gasteiger partial charge in [0.15, 0.2) is 0 Å². The van der Waals surface area contributed by atoms with Crippen molar-refractivity contribution in [2.75, 3.05) is 27.3 Å². The molecular weight excluding hydrogens is 262 g/mol. The molecule has 1 saturated heterocycles. The molecule has 3 rings (SSSR count). The van der Waals surface area contributed by atoms with Gasteiger partial charge in [-0.3, -0.25) is 4.90 Å². The highest BCUT2D eigenvalue weighted by Crippen LogP contribution is 2.42. The number of methoxy groups -OCH3 is 2. The molecule has 1 heterocycles. The van der Waals surface area contributed by atoms with Crippen LogP contribution in [0.5, 0.6) is 11.5 Å². The minimum absolute atomic E-state index is 0.462. The molecule has 0 aromatic heterocycles. The summed E-state index contributed by atoms with van der Waals surface area (Å²) in [7, 11) is 3.43. The van der Waals surface area contributed by atoms with Crippen molar-refractivity contribution in [1.82, 2.24) is 4.90 Å². The summed E-state index contributed by atoms with van der Waals surface area (Å²) in [6, 6.07) is 6.82. The van der Waals surface area contributed by atoms with Crippen molar-refractivity contribution < 1.29 is 9.47 Å². The Labute approximate surface area is 127 Å². The van der Waals surface area contributed by atoms with Gasteiger partial charge in [0, 0.05) is 23.6 Å². The zero-order valence-corrected chi connectivity index (χ0v) is 13.2. The smallest absolute Gasteiger partial charge is 0.126 e. The summed E-state index contributed by atoms with van der Waals surface area (Å²) in [5, 5.41) is 0. The van der Waals surface area contributed by atoms with E-state index in [1.54, 1.807) is 14.2 Å². The van der Waals surface area contributed by atoms with Crippen molar-refractivity contribution in [1.29, 1.82) is 0 Å². The molecule has 3 heteroatoms. The number of benzene rings is 1. The highest BCUT2D eigenvalue weighted by Gasteiger charge is 2.36. The second kappa shape index (κ2) is 6.10. The van der Waals surface area contributed by atoms with Crippen LogP contribution in [0.2, 0.25) is 0 Å². The first-order valence-electron chi connectivity index (χ1n) is 7.91. The maximum atomic E-state index is 5.57. The van der Waals surface area contributed by atoms with Crippen LogP contribution in [0.3, 0.4) is 0 Å². The van der Waals surface area contributed by atoms with Crippen LogP contribution in [-0.4, -0.2) is 38.3 Å². The number of ether oxygens (including phenoxy) is 2. The number of hydrogen-bond acceptors (Lipinski definition) is 3. The predicted octanol–water partition coefficient (Wildman–Crippen LogP) is 3.46. The lowest BCUT2D eigenvalue weighted by Gasteiger charge is -2.31. The van der Waals surface area contributed by atoms with Crippen LogP contribution in [0.4, 0.5) is 0 Å². The summed E-state index contributed by atoms with van der Waals surface area (Å²) in [6.45, 7) is 4.65. The Morgan fingerprint density at radius 2 is 2.05 bits per heavy atom. The van der Waals surface area contributed by atoms with Crippen molar-refractivity contribution in [3.63, 3.8) is 0 Å². The highest BCUT2D eigenvalue weighted by atomic mass is 16.5. The fourth-order valence-electron chi connectivity index (χ4n) is 3.86. The summed E-state index contributed by atoms with van der Waals surface area (Å²) in [4.78, 5) is 2.59. The second-order valence-electron chi connectivity index (χ2n) is 6.00. The molecule has 0 saturated carbocycles. The Hall–Kier alpha value is -1.48. The molecule has 0 spiro atoms. The van der Waals surface area contributed by atoms with E-state index >= 15 is 0 Å². The van der Waals surface area contributed by atoms with Gasteiger partial charge in [0.25, 0.3) is 0 Å². The zero-order valence-electron chi connectivity index (χ0n) is 13.2. The van der Waals surface area contributed by atoms with E-state index in [1.807, 2.05) is 12.1 Å². The highest BCUT2D eigenvalue weighted by molar-refractivity contribution is 5.44. The minimum atomic E-state index is 0.462. The van der Waals surface area contributed by atoms with E-state index in [-0.39, 0.29) is 0 Å². The van der Waals surface area contributed by atoms with Crippen LogP contribution in [0.15, 0.2) is 30.4 Å². The minimum Gasteiger partial charge on any atom is -0.497 e. The van der Waals surface area contributed by atoms with E-state index in [4.69, 9.17) is 9.47 Å². The zero-order chi connectivity index (χ0) is 14.8. The van der Waals surface area contributed by atoms with E-state index in [9.17, 15) is 0 Å². The summed E-state index contributed by atoms with van der Waals surface area (Å²) in [5.74, 6) is 3.04. The third-order valence-corrected chi connectivity index (χ3v) is 5.04. The third-order valence-electron chi connectivity index (χ3n) is 5.04. The van der Waals surface area contributed by atoms with Crippen LogP contribution >= 0.6 is 0 Å². The van der Waals surface area contributed by atoms with Crippen LogP contribution in [0, 0.1) is 5.92 Å². The third kappa shape index (κ3) is 2.67. The lowest BCUT2D eigenvalue weighted by molar-refractivity contribution is 0.263. The number of fused-ring (bicyclic) bond motifs is 1. The van der Waals surface area contributed by atoms with E-state index in [2.05, 4.69) is 30.0 Å². The van der Waals surface area contributed by atoms with Gasteiger partial charge in [0.2, 0.25) is 0 Å². The summed E-state index contributed by atoms with van der Waals surface area (Å²) >= 11 is 0. The monoisotopic (exact) mass is 287 g/mol. The van der Waals surface area contributed by atoms with Crippen LogP contribution < -0.4 is 9.47 Å². The Bertz CT molecular complexity index is 526. The van der Waals surface area contributed by atoms with Gasteiger partial charge in [-0.1, -0.05) is 25.1 Å². The molecule has 2 aliphatic rings. The number of rotatable bonds is 4. The molecule has 1 aliphatic carbocycles. The molecular formula is C18H25NO2. The van der Waals surface area contributed by atoms with Gasteiger partial charge in [-0.2, -0.15) is 0 Å². The molecule has 3 atom stereocenters. The first kappa shape index (κ1) is 14.5. The quantitative estimate of drug-likeness (QED) is 0.792. The number of likely N-dealkylation sites (tertiary alicyclic amines) is 1. The van der Waals surface area contributed by atoms with Gasteiger partial charge in [-0.25, -0.2) is 0 Å². The Kier molecular flexibility index (Phi) is 4.20. The van der Waals surface area contributed by atoms with Crippen molar-refractivity contribution in [2.45, 2.75) is 31.7 Å². The molecule has 21 heavy (non-hydrogen) atoms. The number of likely N-dealkylation sites (N-methyl/N-ethyl adjacent to an activating group) is 1.